The first-order valence-electron chi connectivity index (χ1n) is 5.54. The highest BCUT2D eigenvalue weighted by Gasteiger charge is 2.21. The maximum absolute atomic E-state index is 6.29. The van der Waals surface area contributed by atoms with Crippen LogP contribution in [0.25, 0.3) is 0 Å². The predicted molar refractivity (Wildman–Crippen MR) is 84.0 cm³/mol. The van der Waals surface area contributed by atoms with Crippen molar-refractivity contribution in [1.82, 2.24) is 5.32 Å². The fourth-order valence-electron chi connectivity index (χ4n) is 1.86. The van der Waals surface area contributed by atoms with Crippen LogP contribution < -0.4 is 5.32 Å². The molecule has 0 bridgehead atoms. The molecule has 1 unspecified atom stereocenters. The van der Waals surface area contributed by atoms with Crippen LogP contribution in [-0.2, 0) is 0 Å². The zero-order valence-corrected chi connectivity index (χ0v) is 13.6. The van der Waals surface area contributed by atoms with Crippen molar-refractivity contribution in [2.75, 3.05) is 6.54 Å². The van der Waals surface area contributed by atoms with Crippen molar-refractivity contribution in [1.29, 1.82) is 0 Å². The van der Waals surface area contributed by atoms with Crippen molar-refractivity contribution in [3.8, 4) is 0 Å². The van der Waals surface area contributed by atoms with E-state index in [1.807, 2.05) is 18.2 Å². The van der Waals surface area contributed by atoms with Gasteiger partial charge in [-0.1, -0.05) is 36.2 Å². The molecule has 0 aliphatic carbocycles. The van der Waals surface area contributed by atoms with Crippen LogP contribution in [0.5, 0.6) is 0 Å². The minimum atomic E-state index is 0.0109. The molecular weight excluding hydrogens is 353 g/mol. The summed E-state index contributed by atoms with van der Waals surface area (Å²) >= 11 is 17.8. The Labute approximate surface area is 129 Å². The molecule has 1 heterocycles. The molecule has 2 aromatic rings. The van der Waals surface area contributed by atoms with Gasteiger partial charge in [0.1, 0.15) is 0 Å². The SMILES string of the molecule is CCNC(c1cscc1Br)c1c(Cl)cccc1Cl. The molecule has 5 heteroatoms. The highest BCUT2D eigenvalue weighted by Crippen LogP contribution is 2.38. The summed E-state index contributed by atoms with van der Waals surface area (Å²) in [7, 11) is 0. The number of nitrogens with one attached hydrogen (secondary N) is 1. The minimum Gasteiger partial charge on any atom is -0.306 e. The van der Waals surface area contributed by atoms with Crippen molar-refractivity contribution >= 4 is 50.5 Å². The molecule has 0 aliphatic heterocycles. The molecular formula is C13H12BrCl2NS. The lowest BCUT2D eigenvalue weighted by Crippen LogP contribution is -2.22. The fourth-order valence-corrected chi connectivity index (χ4v) is 4.02. The number of rotatable bonds is 4. The van der Waals surface area contributed by atoms with E-state index in [2.05, 4.69) is 38.9 Å². The van der Waals surface area contributed by atoms with E-state index in [4.69, 9.17) is 23.2 Å². The van der Waals surface area contributed by atoms with Crippen LogP contribution in [-0.4, -0.2) is 6.54 Å². The smallest absolute Gasteiger partial charge is 0.0625 e. The van der Waals surface area contributed by atoms with Gasteiger partial charge in [0, 0.05) is 25.5 Å². The molecule has 0 amide bonds. The quantitative estimate of drug-likeness (QED) is 0.753. The molecule has 1 aromatic heterocycles. The summed E-state index contributed by atoms with van der Waals surface area (Å²) in [6.07, 6.45) is 0. The molecule has 1 atom stereocenters. The Bertz CT molecular complexity index is 521. The molecule has 0 saturated carbocycles. The van der Waals surface area contributed by atoms with Crippen LogP contribution in [0, 0.1) is 0 Å². The molecule has 1 aromatic carbocycles. The Balaban J connectivity index is 2.52. The predicted octanol–water partition coefficient (Wildman–Crippen LogP) is 5.52. The Morgan fingerprint density at radius 1 is 1.28 bits per heavy atom. The van der Waals surface area contributed by atoms with Gasteiger partial charge in [-0.2, -0.15) is 11.3 Å². The Hall–Kier alpha value is -0.0600. The van der Waals surface area contributed by atoms with Crippen LogP contribution in [0.3, 0.4) is 0 Å². The average Bonchev–Trinajstić information content (AvgIpc) is 2.74. The monoisotopic (exact) mass is 363 g/mol. The number of halogens is 3. The molecule has 0 fully saturated rings. The van der Waals surface area contributed by atoms with Gasteiger partial charge in [-0.05, 0) is 45.6 Å². The highest BCUT2D eigenvalue weighted by atomic mass is 79.9. The number of hydrogen-bond acceptors (Lipinski definition) is 2. The van der Waals surface area contributed by atoms with E-state index in [1.165, 1.54) is 0 Å². The van der Waals surface area contributed by atoms with E-state index in [-0.39, 0.29) is 6.04 Å². The second-order valence-corrected chi connectivity index (χ2v) is 6.21. The summed E-state index contributed by atoms with van der Waals surface area (Å²) in [6.45, 7) is 2.91. The highest BCUT2D eigenvalue weighted by molar-refractivity contribution is 9.10. The second-order valence-electron chi connectivity index (χ2n) is 3.80. The second kappa shape index (κ2) is 6.40. The van der Waals surface area contributed by atoms with Gasteiger partial charge < -0.3 is 5.32 Å². The maximum Gasteiger partial charge on any atom is 0.0625 e. The van der Waals surface area contributed by atoms with E-state index in [0.29, 0.717) is 10.0 Å². The van der Waals surface area contributed by atoms with Crippen LogP contribution in [0.4, 0.5) is 0 Å². The van der Waals surface area contributed by atoms with E-state index < -0.39 is 0 Å². The normalized spacial score (nSPS) is 12.7. The van der Waals surface area contributed by atoms with Gasteiger partial charge in [0.15, 0.2) is 0 Å². The maximum atomic E-state index is 6.29. The van der Waals surface area contributed by atoms with Crippen LogP contribution in [0.1, 0.15) is 24.1 Å². The lowest BCUT2D eigenvalue weighted by atomic mass is 10.0. The van der Waals surface area contributed by atoms with Crippen molar-refractivity contribution in [2.45, 2.75) is 13.0 Å². The van der Waals surface area contributed by atoms with Gasteiger partial charge in [-0.25, -0.2) is 0 Å². The van der Waals surface area contributed by atoms with Gasteiger partial charge in [0.2, 0.25) is 0 Å². The van der Waals surface area contributed by atoms with Gasteiger partial charge in [0.25, 0.3) is 0 Å². The standard InChI is InChI=1S/C13H12BrCl2NS/c1-2-17-13(8-6-18-7-9(8)14)12-10(15)4-3-5-11(12)16/h3-7,13,17H,2H2,1H3. The first kappa shape index (κ1) is 14.4. The zero-order valence-electron chi connectivity index (χ0n) is 9.71. The third-order valence-corrected chi connectivity index (χ3v) is 5.06. The van der Waals surface area contributed by atoms with E-state index in [9.17, 15) is 0 Å². The summed E-state index contributed by atoms with van der Waals surface area (Å²) in [6, 6.07) is 5.61. The molecule has 0 radical (unpaired) electrons. The van der Waals surface area contributed by atoms with Crippen molar-refractivity contribution in [2.24, 2.45) is 0 Å². The van der Waals surface area contributed by atoms with Gasteiger partial charge in [0.05, 0.1) is 6.04 Å². The molecule has 1 N–H and O–H groups in total. The molecule has 0 spiro atoms. The molecule has 0 saturated heterocycles. The van der Waals surface area contributed by atoms with Gasteiger partial charge in [-0.15, -0.1) is 0 Å². The van der Waals surface area contributed by atoms with Crippen molar-refractivity contribution < 1.29 is 0 Å². The van der Waals surface area contributed by atoms with Crippen LogP contribution >= 0.6 is 50.5 Å². The molecule has 1 nitrogen and oxygen atoms in total. The third-order valence-electron chi connectivity index (χ3n) is 2.65. The fraction of sp³-hybridized carbons (Fsp3) is 0.231. The Morgan fingerprint density at radius 3 is 2.44 bits per heavy atom. The molecule has 18 heavy (non-hydrogen) atoms. The zero-order chi connectivity index (χ0) is 13.1. The molecule has 0 aliphatic rings. The van der Waals surface area contributed by atoms with Crippen molar-refractivity contribution in [3.05, 3.63) is 54.6 Å². The Morgan fingerprint density at radius 2 is 1.94 bits per heavy atom. The van der Waals surface area contributed by atoms with Crippen LogP contribution in [0.15, 0.2) is 33.4 Å². The third kappa shape index (κ3) is 2.91. The van der Waals surface area contributed by atoms with E-state index in [1.54, 1.807) is 11.3 Å². The Kier molecular flexibility index (Phi) is 5.10. The molecule has 2 rings (SSSR count). The lowest BCUT2D eigenvalue weighted by Gasteiger charge is -2.20. The van der Waals surface area contributed by atoms with E-state index >= 15 is 0 Å². The van der Waals surface area contributed by atoms with Crippen molar-refractivity contribution in [3.63, 3.8) is 0 Å². The first-order valence-corrected chi connectivity index (χ1v) is 8.03. The summed E-state index contributed by atoms with van der Waals surface area (Å²) in [5, 5.41) is 8.97. The number of hydrogen-bond donors (Lipinski definition) is 1. The van der Waals surface area contributed by atoms with Crippen LogP contribution in [0.2, 0.25) is 10.0 Å². The largest absolute Gasteiger partial charge is 0.306 e. The summed E-state index contributed by atoms with van der Waals surface area (Å²) < 4.78 is 1.08. The van der Waals surface area contributed by atoms with E-state index in [0.717, 1.165) is 22.1 Å². The first-order chi connectivity index (χ1) is 8.65. The number of benzene rings is 1. The topological polar surface area (TPSA) is 12.0 Å². The minimum absolute atomic E-state index is 0.0109. The molecule has 96 valence electrons. The lowest BCUT2D eigenvalue weighted by molar-refractivity contribution is 0.631. The number of thiophene rings is 1. The summed E-state index contributed by atoms with van der Waals surface area (Å²) in [4.78, 5) is 0. The summed E-state index contributed by atoms with van der Waals surface area (Å²) in [5.41, 5.74) is 2.10. The summed E-state index contributed by atoms with van der Waals surface area (Å²) in [5.74, 6) is 0. The van der Waals surface area contributed by atoms with Gasteiger partial charge >= 0.3 is 0 Å². The average molecular weight is 365 g/mol. The van der Waals surface area contributed by atoms with Gasteiger partial charge in [-0.3, -0.25) is 0 Å².